The molecule has 82 valence electrons. The second kappa shape index (κ2) is 5.09. The molecule has 1 unspecified atom stereocenters. The molecule has 0 radical (unpaired) electrons. The number of nitrogens with zero attached hydrogens (tertiary/aromatic N) is 3. The summed E-state index contributed by atoms with van der Waals surface area (Å²) in [5, 5.41) is 5.15. The maximum atomic E-state index is 11.2. The van der Waals surface area contributed by atoms with Crippen LogP contribution in [0.5, 0.6) is 0 Å². The normalized spacial score (nSPS) is 12.0. The maximum absolute atomic E-state index is 11.2. The van der Waals surface area contributed by atoms with Crippen molar-refractivity contribution in [3.8, 4) is 0 Å². The predicted molar refractivity (Wildman–Crippen MR) is 57.0 cm³/mol. The van der Waals surface area contributed by atoms with Crippen LogP contribution in [0.15, 0.2) is 0 Å². The van der Waals surface area contributed by atoms with E-state index in [9.17, 15) is 4.79 Å². The molecule has 1 aromatic rings. The van der Waals surface area contributed by atoms with E-state index in [2.05, 4.69) is 25.6 Å². The molecule has 1 heterocycles. The fraction of sp³-hybridized carbons (Fsp3) is 0.429. The van der Waals surface area contributed by atoms with Gasteiger partial charge in [0.1, 0.15) is 6.04 Å². The van der Waals surface area contributed by atoms with Crippen molar-refractivity contribution in [2.24, 2.45) is 0 Å². The summed E-state index contributed by atoms with van der Waals surface area (Å²) in [5.41, 5.74) is 0. The van der Waals surface area contributed by atoms with Crippen LogP contribution in [0.2, 0.25) is 10.6 Å². The zero-order valence-corrected chi connectivity index (χ0v) is 9.60. The molecule has 8 heteroatoms. The third-order valence-corrected chi connectivity index (χ3v) is 1.90. The molecule has 0 spiro atoms. The van der Waals surface area contributed by atoms with Gasteiger partial charge in [-0.15, -0.1) is 0 Å². The first-order valence-corrected chi connectivity index (χ1v) is 4.83. The molecule has 6 nitrogen and oxygen atoms in total. The van der Waals surface area contributed by atoms with Crippen molar-refractivity contribution < 1.29 is 4.79 Å². The number of likely N-dealkylation sites (N-methyl/N-ethyl adjacent to an activating group) is 1. The van der Waals surface area contributed by atoms with Crippen molar-refractivity contribution in [1.29, 1.82) is 0 Å². The van der Waals surface area contributed by atoms with E-state index in [4.69, 9.17) is 23.2 Å². The van der Waals surface area contributed by atoms with Crippen molar-refractivity contribution in [2.45, 2.75) is 13.0 Å². The molecule has 0 aliphatic heterocycles. The first-order chi connectivity index (χ1) is 7.02. The van der Waals surface area contributed by atoms with E-state index in [-0.39, 0.29) is 22.4 Å². The van der Waals surface area contributed by atoms with Crippen molar-refractivity contribution >= 4 is 35.1 Å². The number of amides is 1. The molecule has 0 aliphatic carbocycles. The van der Waals surface area contributed by atoms with Crippen LogP contribution in [0.25, 0.3) is 0 Å². The van der Waals surface area contributed by atoms with E-state index >= 15 is 0 Å². The first kappa shape index (κ1) is 11.9. The van der Waals surface area contributed by atoms with Gasteiger partial charge in [-0.25, -0.2) is 0 Å². The van der Waals surface area contributed by atoms with Crippen LogP contribution in [0.3, 0.4) is 0 Å². The topological polar surface area (TPSA) is 79.8 Å². The minimum atomic E-state index is -0.482. The fourth-order valence-corrected chi connectivity index (χ4v) is 1.23. The Bertz CT molecular complexity index is 352. The van der Waals surface area contributed by atoms with Gasteiger partial charge in [-0.05, 0) is 30.1 Å². The van der Waals surface area contributed by atoms with Crippen molar-refractivity contribution in [3.63, 3.8) is 0 Å². The number of hydrogen-bond donors (Lipinski definition) is 2. The summed E-state index contributed by atoms with van der Waals surface area (Å²) in [4.78, 5) is 22.3. The average Bonchev–Trinajstić information content (AvgIpc) is 2.14. The maximum Gasteiger partial charge on any atom is 0.242 e. The lowest BCUT2D eigenvalue weighted by molar-refractivity contribution is -0.121. The van der Waals surface area contributed by atoms with Crippen molar-refractivity contribution in [3.05, 3.63) is 10.6 Å². The molecule has 0 fully saturated rings. The summed E-state index contributed by atoms with van der Waals surface area (Å²) in [7, 11) is 1.54. The number of carbonyl (C=O) groups excluding carboxylic acids is 1. The SMILES string of the molecule is CNC(=O)C(C)Nc1nc(Cl)nc(Cl)n1. The number of rotatable bonds is 3. The van der Waals surface area contributed by atoms with Gasteiger partial charge in [-0.3, -0.25) is 4.79 Å². The molecular formula is C7H9Cl2N5O. The van der Waals surface area contributed by atoms with E-state index in [1.165, 1.54) is 7.05 Å². The Kier molecular flexibility index (Phi) is 4.05. The first-order valence-electron chi connectivity index (χ1n) is 4.08. The van der Waals surface area contributed by atoms with Crippen molar-refractivity contribution in [2.75, 3.05) is 12.4 Å². The molecule has 0 aromatic carbocycles. The van der Waals surface area contributed by atoms with Gasteiger partial charge in [-0.1, -0.05) is 0 Å². The van der Waals surface area contributed by atoms with E-state index in [1.54, 1.807) is 6.92 Å². The zero-order chi connectivity index (χ0) is 11.4. The van der Waals surface area contributed by atoms with E-state index in [0.717, 1.165) is 0 Å². The minimum absolute atomic E-state index is 0.0263. The summed E-state index contributed by atoms with van der Waals surface area (Å²) in [6, 6.07) is -0.482. The lowest BCUT2D eigenvalue weighted by atomic mass is 10.3. The van der Waals surface area contributed by atoms with Crippen LogP contribution < -0.4 is 10.6 Å². The molecule has 0 saturated heterocycles. The molecule has 1 aromatic heterocycles. The third-order valence-electron chi connectivity index (χ3n) is 1.57. The molecule has 1 rings (SSSR count). The largest absolute Gasteiger partial charge is 0.357 e. The Labute approximate surface area is 96.4 Å². The van der Waals surface area contributed by atoms with Gasteiger partial charge in [0.25, 0.3) is 0 Å². The number of hydrogen-bond acceptors (Lipinski definition) is 5. The molecule has 0 saturated carbocycles. The van der Waals surface area contributed by atoms with Gasteiger partial charge in [0.05, 0.1) is 0 Å². The molecule has 1 amide bonds. The Morgan fingerprint density at radius 1 is 1.27 bits per heavy atom. The van der Waals surface area contributed by atoms with Crippen LogP contribution in [0.1, 0.15) is 6.92 Å². The highest BCUT2D eigenvalue weighted by Crippen LogP contribution is 2.10. The van der Waals surface area contributed by atoms with Crippen LogP contribution in [0, 0.1) is 0 Å². The molecule has 0 aliphatic rings. The van der Waals surface area contributed by atoms with Gasteiger partial charge in [-0.2, -0.15) is 15.0 Å². The van der Waals surface area contributed by atoms with Gasteiger partial charge in [0, 0.05) is 7.05 Å². The number of nitrogens with one attached hydrogen (secondary N) is 2. The highest BCUT2D eigenvalue weighted by atomic mass is 35.5. The standard InChI is InChI=1S/C7H9Cl2N5O/c1-3(4(15)10-2)11-7-13-5(8)12-6(9)14-7/h3H,1-2H3,(H,10,15)(H,11,12,13,14). The summed E-state index contributed by atoms with van der Waals surface area (Å²) in [6.07, 6.45) is 0. The quantitative estimate of drug-likeness (QED) is 0.826. The molecule has 15 heavy (non-hydrogen) atoms. The number of halogens is 2. The van der Waals surface area contributed by atoms with Gasteiger partial charge in [0.2, 0.25) is 22.4 Å². The molecular weight excluding hydrogens is 241 g/mol. The highest BCUT2D eigenvalue weighted by molar-refractivity contribution is 6.31. The minimum Gasteiger partial charge on any atom is -0.357 e. The second-order valence-corrected chi connectivity index (χ2v) is 3.35. The van der Waals surface area contributed by atoms with Crippen LogP contribution in [0.4, 0.5) is 5.95 Å². The third kappa shape index (κ3) is 3.49. The van der Waals surface area contributed by atoms with E-state index < -0.39 is 6.04 Å². The highest BCUT2D eigenvalue weighted by Gasteiger charge is 2.12. The van der Waals surface area contributed by atoms with Crippen LogP contribution >= 0.6 is 23.2 Å². The summed E-state index contributed by atoms with van der Waals surface area (Å²) < 4.78 is 0. The Hall–Kier alpha value is -1.14. The molecule has 0 bridgehead atoms. The zero-order valence-electron chi connectivity index (χ0n) is 8.08. The number of aromatic nitrogens is 3. The van der Waals surface area contributed by atoms with Crippen LogP contribution in [-0.2, 0) is 4.79 Å². The van der Waals surface area contributed by atoms with Gasteiger partial charge < -0.3 is 10.6 Å². The lowest BCUT2D eigenvalue weighted by Crippen LogP contribution is -2.35. The summed E-state index contributed by atoms with van der Waals surface area (Å²) in [5.74, 6) is -0.0289. The van der Waals surface area contributed by atoms with Crippen molar-refractivity contribution in [1.82, 2.24) is 20.3 Å². The van der Waals surface area contributed by atoms with E-state index in [0.29, 0.717) is 0 Å². The number of anilines is 1. The predicted octanol–water partition coefficient (Wildman–Crippen LogP) is 0.725. The molecule has 2 N–H and O–H groups in total. The van der Waals surface area contributed by atoms with Crippen LogP contribution in [-0.4, -0.2) is 33.9 Å². The Morgan fingerprint density at radius 3 is 2.27 bits per heavy atom. The summed E-state index contributed by atoms with van der Waals surface area (Å²) >= 11 is 11.1. The molecule has 1 atom stereocenters. The van der Waals surface area contributed by atoms with Gasteiger partial charge in [0.15, 0.2) is 0 Å². The second-order valence-electron chi connectivity index (χ2n) is 2.68. The average molecular weight is 250 g/mol. The Balaban J connectivity index is 2.76. The monoisotopic (exact) mass is 249 g/mol. The number of carbonyl (C=O) groups is 1. The smallest absolute Gasteiger partial charge is 0.242 e. The Morgan fingerprint density at radius 2 is 1.80 bits per heavy atom. The fourth-order valence-electron chi connectivity index (χ4n) is 0.866. The van der Waals surface area contributed by atoms with Gasteiger partial charge >= 0.3 is 0 Å². The lowest BCUT2D eigenvalue weighted by Gasteiger charge is -2.11. The summed E-state index contributed by atoms with van der Waals surface area (Å²) in [6.45, 7) is 1.66. The van der Waals surface area contributed by atoms with E-state index in [1.807, 2.05) is 0 Å².